The standard InChI is InChI=1S/C15H9BrClFN2O/c16-9-5-6-11-13(14(9)17)15(19-7-12(21)20-11)8-3-1-2-4-10(8)18/h1-6H,7H2,(H,20,21). The van der Waals surface area contributed by atoms with Gasteiger partial charge in [0.15, 0.2) is 0 Å². The van der Waals surface area contributed by atoms with Gasteiger partial charge in [-0.1, -0.05) is 23.7 Å². The smallest absolute Gasteiger partial charge is 0.246 e. The van der Waals surface area contributed by atoms with Crippen molar-refractivity contribution in [1.82, 2.24) is 0 Å². The molecule has 1 N–H and O–H groups in total. The summed E-state index contributed by atoms with van der Waals surface area (Å²) in [4.78, 5) is 16.0. The Bertz CT molecular complexity index is 776. The molecule has 6 heteroatoms. The molecule has 3 rings (SSSR count). The number of carbonyl (C=O) groups excluding carboxylic acids is 1. The van der Waals surface area contributed by atoms with Gasteiger partial charge < -0.3 is 5.32 Å². The number of benzodiazepines with no additional fused rings is 1. The lowest BCUT2D eigenvalue weighted by molar-refractivity contribution is -0.114. The van der Waals surface area contributed by atoms with Crippen LogP contribution < -0.4 is 5.32 Å². The number of fused-ring (bicyclic) bond motifs is 1. The minimum Gasteiger partial charge on any atom is -0.324 e. The summed E-state index contributed by atoms with van der Waals surface area (Å²) >= 11 is 9.67. The minimum absolute atomic E-state index is 0.0771. The van der Waals surface area contributed by atoms with Crippen molar-refractivity contribution < 1.29 is 9.18 Å². The van der Waals surface area contributed by atoms with Crippen LogP contribution in [0.2, 0.25) is 5.02 Å². The number of anilines is 1. The van der Waals surface area contributed by atoms with Crippen molar-refractivity contribution in [2.45, 2.75) is 0 Å². The highest BCUT2D eigenvalue weighted by Crippen LogP contribution is 2.35. The maximum Gasteiger partial charge on any atom is 0.246 e. The van der Waals surface area contributed by atoms with Crippen molar-refractivity contribution in [2.75, 3.05) is 11.9 Å². The van der Waals surface area contributed by atoms with E-state index in [0.717, 1.165) is 0 Å². The van der Waals surface area contributed by atoms with Gasteiger partial charge in [-0.2, -0.15) is 0 Å². The van der Waals surface area contributed by atoms with Crippen molar-refractivity contribution in [3.8, 4) is 0 Å². The Labute approximate surface area is 134 Å². The first kappa shape index (κ1) is 14.2. The van der Waals surface area contributed by atoms with Gasteiger partial charge in [0.2, 0.25) is 5.91 Å². The maximum absolute atomic E-state index is 14.1. The number of aliphatic imine (C=N–C) groups is 1. The van der Waals surface area contributed by atoms with Crippen LogP contribution in [0.15, 0.2) is 45.9 Å². The van der Waals surface area contributed by atoms with Crippen LogP contribution in [0.3, 0.4) is 0 Å². The molecule has 0 fully saturated rings. The molecule has 1 aliphatic heterocycles. The summed E-state index contributed by atoms with van der Waals surface area (Å²) in [6.45, 7) is -0.0771. The minimum atomic E-state index is -0.410. The van der Waals surface area contributed by atoms with E-state index in [2.05, 4.69) is 26.2 Å². The first-order valence-electron chi connectivity index (χ1n) is 6.15. The number of nitrogens with one attached hydrogen (secondary N) is 1. The van der Waals surface area contributed by atoms with Gasteiger partial charge in [-0.15, -0.1) is 0 Å². The van der Waals surface area contributed by atoms with E-state index in [1.807, 2.05) is 0 Å². The van der Waals surface area contributed by atoms with Crippen molar-refractivity contribution in [1.29, 1.82) is 0 Å². The molecule has 0 saturated carbocycles. The molecule has 2 aromatic rings. The van der Waals surface area contributed by atoms with Gasteiger partial charge >= 0.3 is 0 Å². The summed E-state index contributed by atoms with van der Waals surface area (Å²) in [6, 6.07) is 9.72. The zero-order chi connectivity index (χ0) is 15.0. The average Bonchev–Trinajstić information content (AvgIpc) is 2.63. The van der Waals surface area contributed by atoms with Gasteiger partial charge in [0, 0.05) is 15.6 Å². The summed E-state index contributed by atoms with van der Waals surface area (Å²) in [6.07, 6.45) is 0. The van der Waals surface area contributed by atoms with Crippen LogP contribution in [0.5, 0.6) is 0 Å². The maximum atomic E-state index is 14.1. The number of amides is 1. The van der Waals surface area contributed by atoms with Crippen LogP contribution in [0.1, 0.15) is 11.1 Å². The second-order valence-electron chi connectivity index (χ2n) is 4.48. The number of benzene rings is 2. The fourth-order valence-electron chi connectivity index (χ4n) is 2.18. The van der Waals surface area contributed by atoms with Gasteiger partial charge in [0.1, 0.15) is 12.4 Å². The lowest BCUT2D eigenvalue weighted by atomic mass is 10.00. The first-order chi connectivity index (χ1) is 10.1. The molecule has 0 aromatic heterocycles. The second kappa shape index (κ2) is 5.58. The van der Waals surface area contributed by atoms with Crippen molar-refractivity contribution in [3.63, 3.8) is 0 Å². The predicted octanol–water partition coefficient (Wildman–Crippen LogP) is 4.03. The Kier molecular flexibility index (Phi) is 3.78. The Hall–Kier alpha value is -1.72. The Morgan fingerprint density at radius 3 is 2.76 bits per heavy atom. The first-order valence-corrected chi connectivity index (χ1v) is 7.32. The molecule has 0 atom stereocenters. The molecule has 0 spiro atoms. The fourth-order valence-corrected chi connectivity index (χ4v) is 2.76. The van der Waals surface area contributed by atoms with Crippen molar-refractivity contribution >= 4 is 44.8 Å². The SMILES string of the molecule is O=C1CN=C(c2ccccc2F)c2c(ccc(Br)c2Cl)N1. The number of nitrogens with zero attached hydrogens (tertiary/aromatic N) is 1. The fraction of sp³-hybridized carbons (Fsp3) is 0.0667. The topological polar surface area (TPSA) is 41.5 Å². The molecule has 106 valence electrons. The zero-order valence-electron chi connectivity index (χ0n) is 10.7. The quantitative estimate of drug-likeness (QED) is 0.812. The average molecular weight is 368 g/mol. The largest absolute Gasteiger partial charge is 0.324 e. The summed E-state index contributed by atoms with van der Waals surface area (Å²) in [7, 11) is 0. The third-order valence-corrected chi connectivity index (χ3v) is 4.40. The number of rotatable bonds is 1. The van der Waals surface area contributed by atoms with Gasteiger partial charge in [0.25, 0.3) is 0 Å². The molecule has 0 bridgehead atoms. The Morgan fingerprint density at radius 2 is 2.00 bits per heavy atom. The van der Waals surface area contributed by atoms with Crippen molar-refractivity contribution in [2.24, 2.45) is 4.99 Å². The lowest BCUT2D eigenvalue weighted by Crippen LogP contribution is -2.13. The van der Waals surface area contributed by atoms with Gasteiger partial charge in [0.05, 0.1) is 16.4 Å². The van der Waals surface area contributed by atoms with E-state index >= 15 is 0 Å². The number of hydrogen-bond donors (Lipinski definition) is 1. The highest BCUT2D eigenvalue weighted by Gasteiger charge is 2.23. The number of carbonyl (C=O) groups is 1. The van der Waals surface area contributed by atoms with Crippen LogP contribution >= 0.6 is 27.5 Å². The molecule has 0 saturated heterocycles. The van der Waals surface area contributed by atoms with Crippen molar-refractivity contribution in [3.05, 3.63) is 62.8 Å². The Morgan fingerprint density at radius 1 is 1.24 bits per heavy atom. The molecule has 1 heterocycles. The van der Waals surface area contributed by atoms with Crippen LogP contribution in [-0.4, -0.2) is 18.2 Å². The summed E-state index contributed by atoms with van der Waals surface area (Å²) in [5.41, 5.74) is 1.72. The highest BCUT2D eigenvalue weighted by atomic mass is 79.9. The number of hydrogen-bond acceptors (Lipinski definition) is 2. The molecule has 0 radical (unpaired) electrons. The van der Waals surface area contributed by atoms with E-state index < -0.39 is 5.82 Å². The number of halogens is 3. The van der Waals surface area contributed by atoms with Crippen LogP contribution in [0.25, 0.3) is 0 Å². The van der Waals surface area contributed by atoms with Gasteiger partial charge in [-0.05, 0) is 40.2 Å². The summed E-state index contributed by atoms with van der Waals surface area (Å²) in [5, 5.41) is 3.11. The van der Waals surface area contributed by atoms with Crippen LogP contribution in [0.4, 0.5) is 10.1 Å². The third-order valence-electron chi connectivity index (χ3n) is 3.12. The molecule has 0 unspecified atom stereocenters. The van der Waals surface area contributed by atoms with E-state index in [0.29, 0.717) is 32.0 Å². The zero-order valence-corrected chi connectivity index (χ0v) is 13.0. The summed E-state index contributed by atoms with van der Waals surface area (Å²) in [5.74, 6) is -0.673. The van der Waals surface area contributed by atoms with E-state index in [9.17, 15) is 9.18 Å². The molecule has 3 nitrogen and oxygen atoms in total. The second-order valence-corrected chi connectivity index (χ2v) is 5.71. The van der Waals surface area contributed by atoms with E-state index in [-0.39, 0.29) is 12.5 Å². The molecule has 1 amide bonds. The third kappa shape index (κ3) is 2.59. The van der Waals surface area contributed by atoms with Gasteiger partial charge in [-0.25, -0.2) is 4.39 Å². The molecular weight excluding hydrogens is 359 g/mol. The van der Waals surface area contributed by atoms with E-state index in [1.165, 1.54) is 6.07 Å². The lowest BCUT2D eigenvalue weighted by Gasteiger charge is -2.13. The molecule has 2 aromatic carbocycles. The predicted molar refractivity (Wildman–Crippen MR) is 84.7 cm³/mol. The molecule has 0 aliphatic carbocycles. The van der Waals surface area contributed by atoms with E-state index in [1.54, 1.807) is 30.3 Å². The monoisotopic (exact) mass is 366 g/mol. The Balaban J connectivity index is 2.30. The highest BCUT2D eigenvalue weighted by molar-refractivity contribution is 9.10. The normalized spacial score (nSPS) is 14.0. The molecule has 1 aliphatic rings. The van der Waals surface area contributed by atoms with Crippen LogP contribution in [-0.2, 0) is 4.79 Å². The van der Waals surface area contributed by atoms with Gasteiger partial charge in [-0.3, -0.25) is 9.79 Å². The van der Waals surface area contributed by atoms with E-state index in [4.69, 9.17) is 11.6 Å². The molecule has 21 heavy (non-hydrogen) atoms. The molecular formula is C15H9BrClFN2O. The van der Waals surface area contributed by atoms with Crippen LogP contribution in [0, 0.1) is 5.82 Å². The summed E-state index contributed by atoms with van der Waals surface area (Å²) < 4.78 is 14.7.